The number of likely N-dealkylation sites (N-methyl/N-ethyl adjacent to an activating group) is 1. The van der Waals surface area contributed by atoms with Gasteiger partial charge in [0.25, 0.3) is 0 Å². The molecule has 13 nitrogen and oxygen atoms in total. The third-order valence-electron chi connectivity index (χ3n) is 11.3. The highest BCUT2D eigenvalue weighted by Gasteiger charge is 2.51. The number of benzene rings is 2. The third-order valence-corrected chi connectivity index (χ3v) is 13.2. The van der Waals surface area contributed by atoms with Crippen LogP contribution in [0.15, 0.2) is 59.5 Å². The average Bonchev–Trinajstić information content (AvgIpc) is 3.14. The van der Waals surface area contributed by atoms with E-state index in [1.807, 2.05) is 6.92 Å². The molecular formula is C40H61FN2O11S. The minimum absolute atomic E-state index is 0.0632. The van der Waals surface area contributed by atoms with Crippen molar-refractivity contribution in [2.75, 3.05) is 13.6 Å². The molecule has 0 aliphatic carbocycles. The Labute approximate surface area is 325 Å². The van der Waals surface area contributed by atoms with Gasteiger partial charge in [-0.2, -0.15) is 4.31 Å². The van der Waals surface area contributed by atoms with E-state index in [9.17, 15) is 38.0 Å². The van der Waals surface area contributed by atoms with Crippen molar-refractivity contribution in [3.8, 4) is 5.75 Å². The molecule has 310 valence electrons. The molecule has 2 saturated heterocycles. The molecule has 4 rings (SSSR count). The average molecular weight is 797 g/mol. The maximum atomic E-state index is 14.0. The number of sulfonamides is 1. The first kappa shape index (κ1) is 45.0. The van der Waals surface area contributed by atoms with E-state index in [1.54, 1.807) is 52.8 Å². The molecular weight excluding hydrogens is 736 g/mol. The Morgan fingerprint density at radius 3 is 2.22 bits per heavy atom. The Morgan fingerprint density at radius 2 is 1.62 bits per heavy atom. The van der Waals surface area contributed by atoms with Crippen LogP contribution < -0.4 is 10.1 Å². The van der Waals surface area contributed by atoms with Gasteiger partial charge >= 0.3 is 5.97 Å². The summed E-state index contributed by atoms with van der Waals surface area (Å²) in [6.45, 7) is 13.4. The number of cyclic esters (lactones) is 1. The molecule has 0 amide bonds. The molecule has 0 unspecified atom stereocenters. The van der Waals surface area contributed by atoms with Crippen LogP contribution in [0.4, 0.5) is 4.39 Å². The van der Waals surface area contributed by atoms with Crippen molar-refractivity contribution in [1.29, 1.82) is 0 Å². The number of aliphatic hydroxyl groups excluding tert-OH is 2. The number of esters is 1. The minimum atomic E-state index is -4.07. The molecule has 2 aliphatic rings. The highest BCUT2D eigenvalue weighted by Crippen LogP contribution is 2.38. The fraction of sp³-hybridized carbons (Fsp3) is 0.675. The van der Waals surface area contributed by atoms with Gasteiger partial charge in [0.1, 0.15) is 29.4 Å². The van der Waals surface area contributed by atoms with E-state index in [1.165, 1.54) is 61.6 Å². The number of nitrogens with one attached hydrogen (secondary N) is 1. The van der Waals surface area contributed by atoms with Crippen LogP contribution in [-0.4, -0.2) is 119 Å². The van der Waals surface area contributed by atoms with Crippen molar-refractivity contribution < 1.29 is 57.0 Å². The molecule has 15 heteroatoms. The van der Waals surface area contributed by atoms with E-state index in [4.69, 9.17) is 18.9 Å². The highest BCUT2D eigenvalue weighted by atomic mass is 32.2. The predicted octanol–water partition coefficient (Wildman–Crippen LogP) is 3.62. The van der Waals surface area contributed by atoms with Crippen molar-refractivity contribution in [3.63, 3.8) is 0 Å². The molecule has 0 aromatic heterocycles. The van der Waals surface area contributed by atoms with Crippen molar-refractivity contribution in [1.82, 2.24) is 9.62 Å². The van der Waals surface area contributed by atoms with Crippen molar-refractivity contribution in [2.45, 2.75) is 146 Å². The van der Waals surface area contributed by atoms with E-state index in [2.05, 4.69) is 5.32 Å². The fourth-order valence-corrected chi connectivity index (χ4v) is 9.33. The van der Waals surface area contributed by atoms with Gasteiger partial charge in [-0.15, -0.1) is 0 Å². The van der Waals surface area contributed by atoms with Crippen LogP contribution in [0, 0.1) is 23.6 Å². The monoisotopic (exact) mass is 796 g/mol. The van der Waals surface area contributed by atoms with E-state index >= 15 is 0 Å². The SMILES string of the molecule is CC[C@H]1OC(=O)[C@H](C)[C@@H](O)[C@H](C)[C@@H](O[C@@H]2O[C@H](C)C[C@H](N(C)S(=O)(=O)c3ccccc3)[C@H]2Oc2ccc(F)cc2)[C@](C)(O)C[C@@H](C)CN[C@H](C)[C@@H](O)[C@]1(C)O. The normalized spacial score (nSPS) is 38.8. The standard InChI is InChI=1S/C40H61FN2O11S/c1-10-32-40(8,48)35(45)27(6)42-22-23(2)21-39(7,47)36(25(4)33(44)26(5)37(46)53-32)54-38-34(52-29-18-16-28(41)17-19-29)31(20-24(3)51-38)43(9)55(49,50)30-14-12-11-13-15-30/h11-19,23-27,31-36,38,42,44-45,47-48H,10,20-22H2,1-9H3/t23-,24-,25+,26-,27-,31+,32-,33+,34-,35-,36-,38+,39-,40-/m1/s1. The van der Waals surface area contributed by atoms with Gasteiger partial charge in [-0.25, -0.2) is 12.8 Å². The summed E-state index contributed by atoms with van der Waals surface area (Å²) in [4.78, 5) is 13.6. The number of halogens is 1. The second-order valence-electron chi connectivity index (χ2n) is 16.1. The third kappa shape index (κ3) is 10.4. The number of hydrogen-bond acceptors (Lipinski definition) is 12. The van der Waals surface area contributed by atoms with E-state index in [-0.39, 0.29) is 35.8 Å². The van der Waals surface area contributed by atoms with Crippen LogP contribution in [0.1, 0.15) is 74.7 Å². The number of hydrogen-bond donors (Lipinski definition) is 5. The molecule has 0 spiro atoms. The van der Waals surface area contributed by atoms with Crippen LogP contribution in [0.2, 0.25) is 0 Å². The molecule has 55 heavy (non-hydrogen) atoms. The lowest BCUT2D eigenvalue weighted by Gasteiger charge is -2.47. The first-order valence-corrected chi connectivity index (χ1v) is 20.6. The van der Waals surface area contributed by atoms with Gasteiger partial charge in [-0.3, -0.25) is 4.79 Å². The summed E-state index contributed by atoms with van der Waals surface area (Å²) in [6, 6.07) is 11.6. The number of carbonyl (C=O) groups excluding carboxylic acids is 1. The summed E-state index contributed by atoms with van der Waals surface area (Å²) in [7, 11) is -2.63. The number of nitrogens with zero attached hydrogens (tertiary/aromatic N) is 1. The Kier molecular flexibility index (Phi) is 14.9. The topological polar surface area (TPSA) is 184 Å². The minimum Gasteiger partial charge on any atom is -0.483 e. The second kappa shape index (κ2) is 18.2. The fourth-order valence-electron chi connectivity index (χ4n) is 7.93. The van der Waals surface area contributed by atoms with Crippen LogP contribution in [0.25, 0.3) is 0 Å². The molecule has 14 atom stereocenters. The molecule has 2 aromatic rings. The van der Waals surface area contributed by atoms with Gasteiger partial charge in [0.05, 0.1) is 40.8 Å². The second-order valence-corrected chi connectivity index (χ2v) is 18.0. The Hall–Kier alpha value is -2.73. The highest BCUT2D eigenvalue weighted by molar-refractivity contribution is 7.89. The largest absolute Gasteiger partial charge is 0.483 e. The van der Waals surface area contributed by atoms with E-state index < -0.39 is 99.8 Å². The summed E-state index contributed by atoms with van der Waals surface area (Å²) in [5.41, 5.74) is -3.54. The van der Waals surface area contributed by atoms with Gasteiger partial charge in [-0.05, 0) is 103 Å². The number of carbonyl (C=O) groups is 1. The maximum Gasteiger partial charge on any atom is 0.311 e. The van der Waals surface area contributed by atoms with Gasteiger partial charge in [0.2, 0.25) is 10.0 Å². The van der Waals surface area contributed by atoms with Crippen LogP contribution in [0.3, 0.4) is 0 Å². The lowest BCUT2D eigenvalue weighted by atomic mass is 9.78. The summed E-state index contributed by atoms with van der Waals surface area (Å²) in [6.07, 6.45) is -7.76. The molecule has 2 aliphatic heterocycles. The van der Waals surface area contributed by atoms with E-state index in [0.717, 1.165) is 0 Å². The lowest BCUT2D eigenvalue weighted by molar-refractivity contribution is -0.293. The number of ether oxygens (including phenoxy) is 4. The zero-order valence-corrected chi connectivity index (χ0v) is 34.1. The van der Waals surface area contributed by atoms with E-state index in [0.29, 0.717) is 6.54 Å². The van der Waals surface area contributed by atoms with Gasteiger partial charge in [0.15, 0.2) is 12.4 Å². The molecule has 0 bridgehead atoms. The first-order valence-electron chi connectivity index (χ1n) is 19.1. The Bertz CT molecular complexity index is 1650. The summed E-state index contributed by atoms with van der Waals surface area (Å²) < 4.78 is 68.4. The summed E-state index contributed by atoms with van der Waals surface area (Å²) in [5, 5.41) is 49.9. The molecule has 2 heterocycles. The van der Waals surface area contributed by atoms with Crippen LogP contribution >= 0.6 is 0 Å². The Morgan fingerprint density at radius 1 is 1.00 bits per heavy atom. The summed E-state index contributed by atoms with van der Waals surface area (Å²) in [5.74, 6) is -3.51. The van der Waals surface area contributed by atoms with Crippen molar-refractivity contribution in [2.24, 2.45) is 17.8 Å². The number of aliphatic hydroxyl groups is 4. The van der Waals surface area contributed by atoms with Gasteiger partial charge in [-0.1, -0.05) is 39.0 Å². The van der Waals surface area contributed by atoms with Crippen molar-refractivity contribution in [3.05, 3.63) is 60.4 Å². The zero-order valence-electron chi connectivity index (χ0n) is 33.3. The smallest absolute Gasteiger partial charge is 0.311 e. The maximum absolute atomic E-state index is 14.0. The zero-order chi connectivity index (χ0) is 41.0. The molecule has 0 saturated carbocycles. The lowest BCUT2D eigenvalue weighted by Crippen LogP contribution is -2.61. The first-order chi connectivity index (χ1) is 25.6. The predicted molar refractivity (Wildman–Crippen MR) is 203 cm³/mol. The molecule has 2 fully saturated rings. The summed E-state index contributed by atoms with van der Waals surface area (Å²) >= 11 is 0. The molecule has 5 N–H and O–H groups in total. The quantitative estimate of drug-likeness (QED) is 0.245. The van der Waals surface area contributed by atoms with Gasteiger partial charge < -0.3 is 44.7 Å². The molecule has 2 aromatic carbocycles. The van der Waals surface area contributed by atoms with Crippen LogP contribution in [0.5, 0.6) is 5.75 Å². The van der Waals surface area contributed by atoms with Crippen molar-refractivity contribution >= 4 is 16.0 Å². The van der Waals surface area contributed by atoms with Gasteiger partial charge in [0, 0.05) is 19.0 Å². The number of rotatable bonds is 8. The Balaban J connectivity index is 1.78. The van der Waals surface area contributed by atoms with Crippen LogP contribution in [-0.2, 0) is 29.0 Å². The molecule has 0 radical (unpaired) electrons.